The smallest absolute Gasteiger partial charge is 0.258 e. The number of H-pyrrole nitrogens is 1. The monoisotopic (exact) mass is 303 g/mol. The summed E-state index contributed by atoms with van der Waals surface area (Å²) in [6, 6.07) is 1.88. The molecule has 0 atom stereocenters. The molecule has 0 aliphatic heterocycles. The fraction of sp³-hybridized carbons (Fsp3) is 0. The number of hydrogen-bond acceptors (Lipinski definition) is 5. The Balaban J connectivity index is 2.73. The molecular weight excluding hydrogens is 301 g/mol. The van der Waals surface area contributed by atoms with E-state index in [1.807, 2.05) is 5.10 Å². The van der Waals surface area contributed by atoms with Gasteiger partial charge in [-0.3, -0.25) is 10.1 Å². The predicted molar refractivity (Wildman–Crippen MR) is 56.3 cm³/mol. The van der Waals surface area contributed by atoms with Crippen molar-refractivity contribution in [1.82, 2.24) is 20.2 Å². The van der Waals surface area contributed by atoms with E-state index in [-0.39, 0.29) is 15.8 Å². The van der Waals surface area contributed by atoms with Crippen molar-refractivity contribution < 1.29 is 9.31 Å². The van der Waals surface area contributed by atoms with Crippen molar-refractivity contribution in [2.24, 2.45) is 0 Å². The maximum absolute atomic E-state index is 13.7. The maximum atomic E-state index is 13.7. The number of nitro groups is 1. The zero-order chi connectivity index (χ0) is 12.6. The summed E-state index contributed by atoms with van der Waals surface area (Å²) in [7, 11) is 0. The molecule has 0 unspecified atom stereocenters. The van der Waals surface area contributed by atoms with E-state index in [1.54, 1.807) is 0 Å². The van der Waals surface area contributed by atoms with Gasteiger partial charge in [-0.1, -0.05) is 0 Å². The lowest BCUT2D eigenvalue weighted by Gasteiger charge is -2.02. The Kier molecular flexibility index (Phi) is 2.71. The highest BCUT2D eigenvalue weighted by atomic mass is 79.9. The van der Waals surface area contributed by atoms with Crippen molar-refractivity contribution in [3.05, 3.63) is 43.0 Å². The van der Waals surface area contributed by atoms with E-state index < -0.39 is 16.4 Å². The number of aromatic nitrogens is 4. The molecule has 0 saturated heterocycles. The van der Waals surface area contributed by atoms with Crippen LogP contribution in [-0.4, -0.2) is 25.1 Å². The van der Waals surface area contributed by atoms with Gasteiger partial charge in [-0.2, -0.15) is 4.68 Å². The fourth-order valence-corrected chi connectivity index (χ4v) is 1.61. The van der Waals surface area contributed by atoms with Crippen LogP contribution in [0.1, 0.15) is 0 Å². The van der Waals surface area contributed by atoms with E-state index in [2.05, 4.69) is 26.4 Å². The molecule has 0 aliphatic carbocycles. The minimum Gasteiger partial charge on any atom is -0.258 e. The van der Waals surface area contributed by atoms with Crippen LogP contribution >= 0.6 is 15.9 Å². The average Bonchev–Trinajstić information content (AvgIpc) is 2.68. The highest BCUT2D eigenvalue weighted by Crippen LogP contribution is 2.26. The van der Waals surface area contributed by atoms with E-state index in [9.17, 15) is 19.3 Å². The largest absolute Gasteiger partial charge is 0.365 e. The number of hydrogen-bond donors (Lipinski definition) is 1. The summed E-state index contributed by atoms with van der Waals surface area (Å²) in [5, 5.41) is 19.0. The third-order valence-corrected chi connectivity index (χ3v) is 2.48. The zero-order valence-electron chi connectivity index (χ0n) is 7.92. The van der Waals surface area contributed by atoms with E-state index in [0.29, 0.717) is 4.68 Å². The number of nitro benzene ring substituents is 1. The molecule has 0 aliphatic rings. The number of halogens is 2. The highest BCUT2D eigenvalue weighted by molar-refractivity contribution is 9.10. The van der Waals surface area contributed by atoms with Crippen molar-refractivity contribution in [2.45, 2.75) is 0 Å². The van der Waals surface area contributed by atoms with Gasteiger partial charge < -0.3 is 0 Å². The van der Waals surface area contributed by atoms with Crippen LogP contribution in [0.4, 0.5) is 10.1 Å². The number of nitrogens with one attached hydrogen (secondary N) is 1. The molecule has 17 heavy (non-hydrogen) atoms. The van der Waals surface area contributed by atoms with Crippen molar-refractivity contribution in [1.29, 1.82) is 0 Å². The van der Waals surface area contributed by atoms with Gasteiger partial charge in [-0.05, 0) is 26.4 Å². The van der Waals surface area contributed by atoms with E-state index >= 15 is 0 Å². The minimum absolute atomic E-state index is 0.142. The van der Waals surface area contributed by atoms with Gasteiger partial charge in [-0.15, -0.1) is 0 Å². The number of rotatable bonds is 2. The molecule has 0 amide bonds. The number of tetrazole rings is 1. The Bertz CT molecular complexity index is 651. The van der Waals surface area contributed by atoms with Crippen LogP contribution < -0.4 is 5.69 Å². The van der Waals surface area contributed by atoms with Crippen LogP contribution in [0.5, 0.6) is 0 Å². The van der Waals surface area contributed by atoms with Gasteiger partial charge >= 0.3 is 5.69 Å². The average molecular weight is 304 g/mol. The molecule has 0 bridgehead atoms. The number of benzene rings is 1. The van der Waals surface area contributed by atoms with Crippen LogP contribution in [-0.2, 0) is 0 Å². The molecule has 0 spiro atoms. The standard InChI is InChI=1S/C7H3BrFN5O3/c8-4-1-3(14(16)17)2-5(6(4)9)13-7(15)10-11-12-13/h1-2H,(H,10,12,15). The van der Waals surface area contributed by atoms with Gasteiger partial charge in [-0.25, -0.2) is 14.3 Å². The molecule has 88 valence electrons. The molecule has 10 heteroatoms. The maximum Gasteiger partial charge on any atom is 0.365 e. The van der Waals surface area contributed by atoms with Crippen molar-refractivity contribution >= 4 is 21.6 Å². The Morgan fingerprint density at radius 1 is 1.53 bits per heavy atom. The molecule has 0 radical (unpaired) electrons. The Labute approximate surface area is 100 Å². The number of non-ortho nitro benzene ring substituents is 1. The summed E-state index contributed by atoms with van der Waals surface area (Å²) in [6.07, 6.45) is 0. The van der Waals surface area contributed by atoms with Crippen LogP contribution in [0.2, 0.25) is 0 Å². The first kappa shape index (κ1) is 11.4. The van der Waals surface area contributed by atoms with Crippen molar-refractivity contribution in [3.63, 3.8) is 0 Å². The van der Waals surface area contributed by atoms with Gasteiger partial charge in [0.25, 0.3) is 5.69 Å². The molecule has 1 N–H and O–H groups in total. The first-order chi connectivity index (χ1) is 8.00. The van der Waals surface area contributed by atoms with E-state index in [0.717, 1.165) is 12.1 Å². The minimum atomic E-state index is -0.841. The normalized spacial score (nSPS) is 10.5. The SMILES string of the molecule is O=c1[nH]nnn1-c1cc([N+](=O)[O-])cc(Br)c1F. The van der Waals surface area contributed by atoms with Gasteiger partial charge in [0.15, 0.2) is 5.82 Å². The number of aromatic amines is 1. The van der Waals surface area contributed by atoms with Crippen LogP contribution in [0.3, 0.4) is 0 Å². The van der Waals surface area contributed by atoms with E-state index in [4.69, 9.17) is 0 Å². The Morgan fingerprint density at radius 2 is 2.24 bits per heavy atom. The first-order valence-corrected chi connectivity index (χ1v) is 4.94. The third kappa shape index (κ3) is 1.93. The lowest BCUT2D eigenvalue weighted by molar-refractivity contribution is -0.385. The second-order valence-corrected chi connectivity index (χ2v) is 3.79. The molecule has 2 rings (SSSR count). The van der Waals surface area contributed by atoms with E-state index in [1.165, 1.54) is 0 Å². The van der Waals surface area contributed by atoms with Gasteiger partial charge in [0.2, 0.25) is 0 Å². The molecule has 0 fully saturated rings. The molecule has 1 aromatic heterocycles. The quantitative estimate of drug-likeness (QED) is 0.651. The fourth-order valence-electron chi connectivity index (χ4n) is 1.18. The second kappa shape index (κ2) is 4.05. The van der Waals surface area contributed by atoms with Crippen molar-refractivity contribution in [2.75, 3.05) is 0 Å². The Morgan fingerprint density at radius 3 is 2.76 bits per heavy atom. The first-order valence-electron chi connectivity index (χ1n) is 4.15. The van der Waals surface area contributed by atoms with Gasteiger partial charge in [0.05, 0.1) is 9.40 Å². The van der Waals surface area contributed by atoms with Gasteiger partial charge in [0, 0.05) is 12.1 Å². The zero-order valence-corrected chi connectivity index (χ0v) is 9.51. The highest BCUT2D eigenvalue weighted by Gasteiger charge is 2.18. The lowest BCUT2D eigenvalue weighted by atomic mass is 10.2. The molecular formula is C7H3BrFN5O3. The molecule has 2 aromatic rings. The van der Waals surface area contributed by atoms with Crippen LogP contribution in [0.25, 0.3) is 5.69 Å². The van der Waals surface area contributed by atoms with Crippen LogP contribution in [0, 0.1) is 15.9 Å². The lowest BCUT2D eigenvalue weighted by Crippen LogP contribution is -2.17. The van der Waals surface area contributed by atoms with Crippen LogP contribution in [0.15, 0.2) is 21.4 Å². The third-order valence-electron chi connectivity index (χ3n) is 1.90. The van der Waals surface area contributed by atoms with Crippen molar-refractivity contribution in [3.8, 4) is 5.69 Å². The topological polar surface area (TPSA) is 107 Å². The Hall–Kier alpha value is -2.10. The van der Waals surface area contributed by atoms with Gasteiger partial charge in [0.1, 0.15) is 5.69 Å². The summed E-state index contributed by atoms with van der Waals surface area (Å²) in [6.45, 7) is 0. The summed E-state index contributed by atoms with van der Waals surface area (Å²) >= 11 is 2.82. The molecule has 1 heterocycles. The summed E-state index contributed by atoms with van der Waals surface area (Å²) in [4.78, 5) is 21.1. The second-order valence-electron chi connectivity index (χ2n) is 2.94. The summed E-state index contributed by atoms with van der Waals surface area (Å²) < 4.78 is 14.1. The number of nitrogens with zero attached hydrogens (tertiary/aromatic N) is 4. The summed E-state index contributed by atoms with van der Waals surface area (Å²) in [5.74, 6) is -0.841. The molecule has 8 nitrogen and oxygen atoms in total. The predicted octanol–water partition coefficient (Wildman–Crippen LogP) is 0.765. The molecule has 0 saturated carbocycles. The summed E-state index contributed by atoms with van der Waals surface area (Å²) in [5.41, 5.74) is -1.52. The molecule has 1 aromatic carbocycles.